The first kappa shape index (κ1) is 15.0. The second-order valence-electron chi connectivity index (χ2n) is 5.57. The Hall–Kier alpha value is -1.36. The molecule has 5 nitrogen and oxygen atoms in total. The van der Waals surface area contributed by atoms with Crippen molar-refractivity contribution in [2.75, 3.05) is 19.6 Å². The van der Waals surface area contributed by atoms with Crippen LogP contribution in [0.5, 0.6) is 0 Å². The van der Waals surface area contributed by atoms with Crippen LogP contribution < -0.4 is 5.32 Å². The third-order valence-electron chi connectivity index (χ3n) is 4.00. The molecule has 1 aromatic rings. The predicted octanol–water partition coefficient (Wildman–Crippen LogP) is 1.62. The lowest BCUT2D eigenvalue weighted by atomic mass is 10.2. The molecule has 1 fully saturated rings. The third kappa shape index (κ3) is 3.39. The molecule has 1 aromatic heterocycles. The number of nitrogens with zero attached hydrogens (tertiary/aromatic N) is 3. The van der Waals surface area contributed by atoms with Crippen molar-refractivity contribution in [3.8, 4) is 0 Å². The van der Waals surface area contributed by atoms with E-state index in [0.717, 1.165) is 56.8 Å². The summed E-state index contributed by atoms with van der Waals surface area (Å²) in [6.07, 6.45) is 3.39. The Bertz CT molecular complexity index is 461. The molecule has 1 aliphatic rings. The quantitative estimate of drug-likeness (QED) is 0.805. The lowest BCUT2D eigenvalue weighted by molar-refractivity contribution is -0.130. The number of rotatable bonds is 6. The summed E-state index contributed by atoms with van der Waals surface area (Å²) in [5.74, 6) is 0.196. The van der Waals surface area contributed by atoms with Gasteiger partial charge in [-0.1, -0.05) is 6.92 Å². The summed E-state index contributed by atoms with van der Waals surface area (Å²) >= 11 is 0. The molecule has 20 heavy (non-hydrogen) atoms. The van der Waals surface area contributed by atoms with Crippen LogP contribution in [0.15, 0.2) is 0 Å². The fraction of sp³-hybridized carbons (Fsp3) is 0.733. The Morgan fingerprint density at radius 1 is 1.30 bits per heavy atom. The highest BCUT2D eigenvalue weighted by molar-refractivity contribution is 5.76. The van der Waals surface area contributed by atoms with Crippen LogP contribution >= 0.6 is 0 Å². The number of amides is 1. The van der Waals surface area contributed by atoms with E-state index >= 15 is 0 Å². The summed E-state index contributed by atoms with van der Waals surface area (Å²) in [5.41, 5.74) is 3.37. The average Bonchev–Trinajstić information content (AvgIpc) is 3.03. The molecule has 1 aliphatic heterocycles. The molecule has 0 saturated carbocycles. The van der Waals surface area contributed by atoms with Crippen molar-refractivity contribution in [1.82, 2.24) is 20.0 Å². The Morgan fingerprint density at radius 2 is 2.00 bits per heavy atom. The predicted molar refractivity (Wildman–Crippen MR) is 79.5 cm³/mol. The summed E-state index contributed by atoms with van der Waals surface area (Å²) in [7, 11) is 0. The van der Waals surface area contributed by atoms with Gasteiger partial charge in [0.05, 0.1) is 5.69 Å². The molecule has 1 amide bonds. The van der Waals surface area contributed by atoms with Gasteiger partial charge in [0.15, 0.2) is 0 Å². The normalized spacial score (nSPS) is 15.1. The standard InChI is InChI=1S/C15H26N4O/c1-4-7-16-10-14-12(2)17-19(13(14)3)11-15(20)18-8-5-6-9-18/h16H,4-11H2,1-3H3. The zero-order valence-corrected chi connectivity index (χ0v) is 12.9. The van der Waals surface area contributed by atoms with Crippen LogP contribution in [0.4, 0.5) is 0 Å². The van der Waals surface area contributed by atoms with Crippen molar-refractivity contribution in [2.24, 2.45) is 0 Å². The SMILES string of the molecule is CCCNCc1c(C)nn(CC(=O)N2CCCC2)c1C. The van der Waals surface area contributed by atoms with Gasteiger partial charge in [-0.05, 0) is 39.7 Å². The zero-order valence-electron chi connectivity index (χ0n) is 12.9. The minimum Gasteiger partial charge on any atom is -0.341 e. The lowest BCUT2D eigenvalue weighted by Crippen LogP contribution is -2.31. The molecule has 5 heteroatoms. The van der Waals surface area contributed by atoms with Crippen LogP contribution in [-0.2, 0) is 17.9 Å². The van der Waals surface area contributed by atoms with Gasteiger partial charge < -0.3 is 10.2 Å². The van der Waals surface area contributed by atoms with Crippen molar-refractivity contribution in [1.29, 1.82) is 0 Å². The van der Waals surface area contributed by atoms with Gasteiger partial charge in [0.25, 0.3) is 0 Å². The minimum atomic E-state index is 0.196. The first-order chi connectivity index (χ1) is 9.63. The van der Waals surface area contributed by atoms with Gasteiger partial charge in [-0.3, -0.25) is 9.48 Å². The van der Waals surface area contributed by atoms with Gasteiger partial charge in [-0.25, -0.2) is 0 Å². The molecular formula is C15H26N4O. The highest BCUT2D eigenvalue weighted by Crippen LogP contribution is 2.14. The molecule has 0 aliphatic carbocycles. The third-order valence-corrected chi connectivity index (χ3v) is 4.00. The van der Waals surface area contributed by atoms with Crippen LogP contribution in [0.2, 0.25) is 0 Å². The van der Waals surface area contributed by atoms with E-state index in [-0.39, 0.29) is 5.91 Å². The van der Waals surface area contributed by atoms with Gasteiger partial charge in [0.1, 0.15) is 6.54 Å². The van der Waals surface area contributed by atoms with Gasteiger partial charge in [0.2, 0.25) is 5.91 Å². The van der Waals surface area contributed by atoms with E-state index in [2.05, 4.69) is 24.3 Å². The number of hydrogen-bond donors (Lipinski definition) is 1. The number of carbonyl (C=O) groups is 1. The molecule has 0 bridgehead atoms. The van der Waals surface area contributed by atoms with Crippen molar-refractivity contribution in [3.63, 3.8) is 0 Å². The molecule has 0 aromatic carbocycles. The van der Waals surface area contributed by atoms with Gasteiger partial charge in [-0.2, -0.15) is 5.10 Å². The Labute approximate surface area is 121 Å². The number of hydrogen-bond acceptors (Lipinski definition) is 3. The maximum atomic E-state index is 12.2. The van der Waals surface area contributed by atoms with Gasteiger partial charge in [0, 0.05) is 30.9 Å². The number of aryl methyl sites for hydroxylation is 1. The zero-order chi connectivity index (χ0) is 14.5. The Morgan fingerprint density at radius 3 is 2.65 bits per heavy atom. The highest BCUT2D eigenvalue weighted by Gasteiger charge is 2.20. The van der Waals surface area contributed by atoms with E-state index in [0.29, 0.717) is 6.54 Å². The number of aromatic nitrogens is 2. The monoisotopic (exact) mass is 278 g/mol. The molecule has 0 radical (unpaired) electrons. The summed E-state index contributed by atoms with van der Waals surface area (Å²) in [4.78, 5) is 14.1. The lowest BCUT2D eigenvalue weighted by Gasteiger charge is -2.15. The van der Waals surface area contributed by atoms with Gasteiger partial charge >= 0.3 is 0 Å². The van der Waals surface area contributed by atoms with Crippen LogP contribution in [0.3, 0.4) is 0 Å². The number of nitrogens with one attached hydrogen (secondary N) is 1. The van der Waals surface area contributed by atoms with Crippen molar-refractivity contribution < 1.29 is 4.79 Å². The molecule has 1 N–H and O–H groups in total. The Kier molecular flexibility index (Phi) is 5.17. The number of likely N-dealkylation sites (tertiary alicyclic amines) is 1. The summed E-state index contributed by atoms with van der Waals surface area (Å²) in [6, 6.07) is 0. The maximum absolute atomic E-state index is 12.2. The minimum absolute atomic E-state index is 0.196. The molecule has 0 unspecified atom stereocenters. The van der Waals surface area contributed by atoms with E-state index in [1.807, 2.05) is 16.5 Å². The molecule has 0 spiro atoms. The van der Waals surface area contributed by atoms with Crippen LogP contribution in [0, 0.1) is 13.8 Å². The van der Waals surface area contributed by atoms with Gasteiger partial charge in [-0.15, -0.1) is 0 Å². The largest absolute Gasteiger partial charge is 0.341 e. The highest BCUT2D eigenvalue weighted by atomic mass is 16.2. The molecular weight excluding hydrogens is 252 g/mol. The van der Waals surface area contributed by atoms with E-state index < -0.39 is 0 Å². The van der Waals surface area contributed by atoms with E-state index in [4.69, 9.17) is 0 Å². The fourth-order valence-corrected chi connectivity index (χ4v) is 2.73. The average molecular weight is 278 g/mol. The molecule has 112 valence electrons. The molecule has 2 heterocycles. The topological polar surface area (TPSA) is 50.2 Å². The van der Waals surface area contributed by atoms with E-state index in [1.165, 1.54) is 5.56 Å². The maximum Gasteiger partial charge on any atom is 0.244 e. The second kappa shape index (κ2) is 6.88. The first-order valence-corrected chi connectivity index (χ1v) is 7.64. The number of carbonyl (C=O) groups excluding carboxylic acids is 1. The van der Waals surface area contributed by atoms with Crippen LogP contribution in [-0.4, -0.2) is 40.2 Å². The summed E-state index contributed by atoms with van der Waals surface area (Å²) < 4.78 is 1.86. The van der Waals surface area contributed by atoms with Crippen molar-refractivity contribution in [3.05, 3.63) is 17.0 Å². The summed E-state index contributed by atoms with van der Waals surface area (Å²) in [5, 5.41) is 7.94. The second-order valence-corrected chi connectivity index (χ2v) is 5.57. The van der Waals surface area contributed by atoms with Crippen LogP contribution in [0.25, 0.3) is 0 Å². The smallest absolute Gasteiger partial charge is 0.244 e. The van der Waals surface area contributed by atoms with E-state index in [9.17, 15) is 4.79 Å². The molecule has 1 saturated heterocycles. The van der Waals surface area contributed by atoms with E-state index in [1.54, 1.807) is 0 Å². The fourth-order valence-electron chi connectivity index (χ4n) is 2.73. The Balaban J connectivity index is 2.01. The first-order valence-electron chi connectivity index (χ1n) is 7.64. The van der Waals surface area contributed by atoms with Crippen molar-refractivity contribution >= 4 is 5.91 Å². The summed E-state index contributed by atoms with van der Waals surface area (Å²) in [6.45, 7) is 10.3. The van der Waals surface area contributed by atoms with Crippen LogP contribution in [0.1, 0.15) is 43.1 Å². The molecule has 2 rings (SSSR count). The van der Waals surface area contributed by atoms with Crippen molar-refractivity contribution in [2.45, 2.75) is 53.1 Å². The molecule has 0 atom stereocenters.